The fourth-order valence-corrected chi connectivity index (χ4v) is 2.28. The van der Waals surface area contributed by atoms with Gasteiger partial charge in [-0.2, -0.15) is 0 Å². The van der Waals surface area contributed by atoms with E-state index >= 15 is 0 Å². The average Bonchev–Trinajstić information content (AvgIpc) is 2.54. The monoisotopic (exact) mass is 339 g/mol. The zero-order valence-electron chi connectivity index (χ0n) is 15.0. The van der Waals surface area contributed by atoms with Gasteiger partial charge in [0, 0.05) is 29.9 Å². The maximum atomic E-state index is 11.5. The molecule has 0 aliphatic carbocycles. The van der Waals surface area contributed by atoms with Crippen LogP contribution in [0.25, 0.3) is 6.08 Å². The molecule has 0 fully saturated rings. The molecule has 0 spiro atoms. The molecule has 0 unspecified atom stereocenters. The van der Waals surface area contributed by atoms with Crippen LogP contribution in [0, 0.1) is 6.92 Å². The van der Waals surface area contributed by atoms with Gasteiger partial charge in [-0.15, -0.1) is 0 Å². The van der Waals surface area contributed by atoms with Crippen molar-refractivity contribution in [1.82, 2.24) is 4.98 Å². The highest BCUT2D eigenvalue weighted by molar-refractivity contribution is 5.52. The molecule has 1 aromatic carbocycles. The number of nitrogens with one attached hydrogen (secondary N) is 1. The SMILES string of the molecule is CC(C)=CCOCOc1cccc(/C=C/Cc2cc(=O)cc(C)[nH]2)c1. The van der Waals surface area contributed by atoms with Crippen LogP contribution in [0.15, 0.2) is 58.9 Å². The van der Waals surface area contributed by atoms with Gasteiger partial charge in [0.1, 0.15) is 5.75 Å². The van der Waals surface area contributed by atoms with Crippen LogP contribution in [0.5, 0.6) is 5.75 Å². The molecule has 0 radical (unpaired) electrons. The molecule has 0 bridgehead atoms. The van der Waals surface area contributed by atoms with E-state index in [1.54, 1.807) is 12.1 Å². The molecule has 2 rings (SSSR count). The number of H-pyrrole nitrogens is 1. The van der Waals surface area contributed by atoms with Crippen molar-refractivity contribution in [3.05, 3.63) is 81.3 Å². The summed E-state index contributed by atoms with van der Waals surface area (Å²) in [7, 11) is 0. The molecule has 1 heterocycles. The summed E-state index contributed by atoms with van der Waals surface area (Å²) in [6, 6.07) is 11.0. The van der Waals surface area contributed by atoms with Crippen LogP contribution in [-0.2, 0) is 11.2 Å². The zero-order chi connectivity index (χ0) is 18.1. The summed E-state index contributed by atoms with van der Waals surface area (Å²) in [5.74, 6) is 0.767. The highest BCUT2D eigenvalue weighted by atomic mass is 16.7. The van der Waals surface area contributed by atoms with Gasteiger partial charge in [0.05, 0.1) is 6.61 Å². The largest absolute Gasteiger partial charge is 0.468 e. The summed E-state index contributed by atoms with van der Waals surface area (Å²) in [5, 5.41) is 0. The molecule has 4 heteroatoms. The first-order valence-electron chi connectivity index (χ1n) is 8.33. The molecule has 1 N–H and O–H groups in total. The van der Waals surface area contributed by atoms with Crippen molar-refractivity contribution in [2.24, 2.45) is 0 Å². The van der Waals surface area contributed by atoms with Crippen LogP contribution in [-0.4, -0.2) is 18.4 Å². The highest BCUT2D eigenvalue weighted by Gasteiger charge is 1.96. The molecule has 0 saturated carbocycles. The second-order valence-corrected chi connectivity index (χ2v) is 6.12. The van der Waals surface area contributed by atoms with E-state index < -0.39 is 0 Å². The van der Waals surface area contributed by atoms with Crippen LogP contribution >= 0.6 is 0 Å². The van der Waals surface area contributed by atoms with Crippen molar-refractivity contribution >= 4 is 6.08 Å². The minimum atomic E-state index is 0.0307. The van der Waals surface area contributed by atoms with Gasteiger partial charge >= 0.3 is 0 Å². The number of hydrogen-bond acceptors (Lipinski definition) is 3. The highest BCUT2D eigenvalue weighted by Crippen LogP contribution is 2.15. The molecule has 132 valence electrons. The molecule has 1 aromatic heterocycles. The lowest BCUT2D eigenvalue weighted by Gasteiger charge is -2.06. The van der Waals surface area contributed by atoms with Crippen LogP contribution in [0.3, 0.4) is 0 Å². The fourth-order valence-electron chi connectivity index (χ4n) is 2.28. The number of aromatic amines is 1. The molecule has 4 nitrogen and oxygen atoms in total. The van der Waals surface area contributed by atoms with E-state index in [1.165, 1.54) is 5.57 Å². The van der Waals surface area contributed by atoms with Crippen LogP contribution < -0.4 is 10.2 Å². The molecule has 25 heavy (non-hydrogen) atoms. The number of allylic oxidation sites excluding steroid dienone is 2. The minimum Gasteiger partial charge on any atom is -0.468 e. The maximum absolute atomic E-state index is 11.5. The van der Waals surface area contributed by atoms with Crippen LogP contribution in [0.2, 0.25) is 0 Å². The number of pyridine rings is 1. The number of rotatable bonds is 8. The maximum Gasteiger partial charge on any atom is 0.189 e. The normalized spacial score (nSPS) is 10.8. The molecule has 0 atom stereocenters. The molecule has 2 aromatic rings. The van der Waals surface area contributed by atoms with E-state index in [-0.39, 0.29) is 12.2 Å². The van der Waals surface area contributed by atoms with Gasteiger partial charge in [-0.25, -0.2) is 0 Å². The quantitative estimate of drug-likeness (QED) is 0.444. The van der Waals surface area contributed by atoms with Crippen LogP contribution in [0.1, 0.15) is 30.8 Å². The van der Waals surface area contributed by atoms with Crippen molar-refractivity contribution in [1.29, 1.82) is 0 Å². The van der Waals surface area contributed by atoms with E-state index in [4.69, 9.17) is 9.47 Å². The minimum absolute atomic E-state index is 0.0307. The molecular weight excluding hydrogens is 314 g/mol. The van der Waals surface area contributed by atoms with Crippen molar-refractivity contribution in [2.75, 3.05) is 13.4 Å². The summed E-state index contributed by atoms with van der Waals surface area (Å²) < 4.78 is 11.0. The Labute approximate surface area is 148 Å². The Morgan fingerprint density at radius 1 is 1.20 bits per heavy atom. The average molecular weight is 339 g/mol. The van der Waals surface area contributed by atoms with E-state index in [2.05, 4.69) is 4.98 Å². The smallest absolute Gasteiger partial charge is 0.189 e. The standard InChI is InChI=1S/C21H25NO3/c1-16(2)10-11-24-15-25-21-9-5-7-18(13-21)6-4-8-19-14-20(23)12-17(3)22-19/h4-7,9-10,12-14H,8,11,15H2,1-3H3,(H,22,23)/b6-4+. The first kappa shape index (κ1) is 18.7. The third-order valence-corrected chi connectivity index (χ3v) is 3.46. The van der Waals surface area contributed by atoms with Crippen molar-refractivity contribution in [3.63, 3.8) is 0 Å². The molecule has 0 saturated heterocycles. The summed E-state index contributed by atoms with van der Waals surface area (Å²) in [5.41, 5.74) is 4.07. The number of aromatic nitrogens is 1. The van der Waals surface area contributed by atoms with Gasteiger partial charge in [0.15, 0.2) is 12.2 Å². The number of ether oxygens (including phenoxy) is 2. The van der Waals surface area contributed by atoms with Gasteiger partial charge in [-0.05, 0) is 38.5 Å². The van der Waals surface area contributed by atoms with E-state index in [0.717, 1.165) is 22.7 Å². The van der Waals surface area contributed by atoms with E-state index in [1.807, 2.05) is 63.3 Å². The van der Waals surface area contributed by atoms with Crippen LogP contribution in [0.4, 0.5) is 0 Å². The Morgan fingerprint density at radius 2 is 2.04 bits per heavy atom. The lowest BCUT2D eigenvalue weighted by molar-refractivity contribution is 0.0304. The second kappa shape index (κ2) is 9.64. The molecule has 0 aliphatic rings. The third-order valence-electron chi connectivity index (χ3n) is 3.46. The van der Waals surface area contributed by atoms with Gasteiger partial charge in [0.25, 0.3) is 0 Å². The summed E-state index contributed by atoms with van der Waals surface area (Å²) in [4.78, 5) is 14.7. The number of benzene rings is 1. The first-order valence-corrected chi connectivity index (χ1v) is 8.33. The summed E-state index contributed by atoms with van der Waals surface area (Å²) in [6.07, 6.45) is 6.72. The fraction of sp³-hybridized carbons (Fsp3) is 0.286. The van der Waals surface area contributed by atoms with Gasteiger partial charge in [-0.3, -0.25) is 4.79 Å². The van der Waals surface area contributed by atoms with E-state index in [0.29, 0.717) is 13.0 Å². The third kappa shape index (κ3) is 7.23. The predicted octanol–water partition coefficient (Wildman–Crippen LogP) is 4.26. The second-order valence-electron chi connectivity index (χ2n) is 6.12. The molecular formula is C21H25NO3. The summed E-state index contributed by atoms with van der Waals surface area (Å²) >= 11 is 0. The van der Waals surface area contributed by atoms with Crippen molar-refractivity contribution in [2.45, 2.75) is 27.2 Å². The topological polar surface area (TPSA) is 51.3 Å². The Bertz CT molecular complexity index is 799. The Morgan fingerprint density at radius 3 is 2.80 bits per heavy atom. The Kier molecular flexibility index (Phi) is 7.23. The first-order chi connectivity index (χ1) is 12.0. The number of hydrogen-bond donors (Lipinski definition) is 1. The summed E-state index contributed by atoms with van der Waals surface area (Å²) in [6.45, 7) is 6.73. The van der Waals surface area contributed by atoms with Gasteiger partial charge in [-0.1, -0.05) is 35.9 Å². The van der Waals surface area contributed by atoms with Crippen molar-refractivity contribution in [3.8, 4) is 5.75 Å². The van der Waals surface area contributed by atoms with Crippen molar-refractivity contribution < 1.29 is 9.47 Å². The Balaban J connectivity index is 1.87. The van der Waals surface area contributed by atoms with Gasteiger partial charge < -0.3 is 14.5 Å². The predicted molar refractivity (Wildman–Crippen MR) is 102 cm³/mol. The molecule has 0 amide bonds. The lowest BCUT2D eigenvalue weighted by atomic mass is 10.1. The lowest BCUT2D eigenvalue weighted by Crippen LogP contribution is -2.03. The zero-order valence-corrected chi connectivity index (χ0v) is 15.0. The van der Waals surface area contributed by atoms with E-state index in [9.17, 15) is 4.79 Å². The Hall–Kier alpha value is -2.59. The number of aryl methyl sites for hydroxylation is 1. The van der Waals surface area contributed by atoms with Gasteiger partial charge in [0.2, 0.25) is 0 Å². The molecule has 0 aliphatic heterocycles.